The third-order valence-electron chi connectivity index (χ3n) is 4.91. The summed E-state index contributed by atoms with van der Waals surface area (Å²) in [5.41, 5.74) is 2.81. The molecule has 2 heterocycles. The van der Waals surface area contributed by atoms with Gasteiger partial charge in [0.05, 0.1) is 5.69 Å². The lowest BCUT2D eigenvalue weighted by Crippen LogP contribution is -2.31. The van der Waals surface area contributed by atoms with Crippen molar-refractivity contribution >= 4 is 0 Å². The van der Waals surface area contributed by atoms with Crippen molar-refractivity contribution in [1.82, 2.24) is 20.0 Å². The van der Waals surface area contributed by atoms with Gasteiger partial charge in [-0.05, 0) is 38.8 Å². The molecule has 1 aromatic heterocycles. The monoisotopic (exact) mass is 290 g/mol. The number of likely N-dealkylation sites (tertiary alicyclic amines) is 1. The maximum atomic E-state index is 4.77. The summed E-state index contributed by atoms with van der Waals surface area (Å²) in [5, 5.41) is 8.50. The molecular weight excluding hydrogens is 260 g/mol. The summed E-state index contributed by atoms with van der Waals surface area (Å²) in [4.78, 5) is 2.52. The number of aromatic nitrogens is 2. The van der Waals surface area contributed by atoms with Gasteiger partial charge in [-0.3, -0.25) is 9.58 Å². The Labute approximate surface area is 128 Å². The third-order valence-corrected chi connectivity index (χ3v) is 4.91. The summed E-state index contributed by atoms with van der Waals surface area (Å²) in [5.74, 6) is 0.709. The molecule has 0 radical (unpaired) electrons. The maximum Gasteiger partial charge on any atom is 0.0725 e. The second kappa shape index (κ2) is 5.40. The second-order valence-electron chi connectivity index (χ2n) is 8.01. The zero-order valence-corrected chi connectivity index (χ0v) is 14.2. The average Bonchev–Trinajstić information content (AvgIpc) is 3.03. The third kappa shape index (κ3) is 3.16. The van der Waals surface area contributed by atoms with E-state index in [1.54, 1.807) is 0 Å². The molecule has 4 heteroatoms. The van der Waals surface area contributed by atoms with E-state index >= 15 is 0 Å². The first-order valence-electron chi connectivity index (χ1n) is 8.34. The van der Waals surface area contributed by atoms with Crippen LogP contribution in [0.2, 0.25) is 0 Å². The van der Waals surface area contributed by atoms with Crippen LogP contribution in [-0.2, 0) is 12.5 Å². The van der Waals surface area contributed by atoms with Gasteiger partial charge in [0.25, 0.3) is 0 Å². The Morgan fingerprint density at radius 2 is 1.95 bits per heavy atom. The van der Waals surface area contributed by atoms with Crippen LogP contribution in [0.1, 0.15) is 57.3 Å². The number of nitrogens with one attached hydrogen (secondary N) is 1. The Bertz CT molecular complexity index is 495. The lowest BCUT2D eigenvalue weighted by molar-refractivity contribution is 0.268. The van der Waals surface area contributed by atoms with Gasteiger partial charge in [0.15, 0.2) is 0 Å². The minimum absolute atomic E-state index is 0.106. The first kappa shape index (κ1) is 15.0. The Kier molecular flexibility index (Phi) is 3.87. The molecule has 1 saturated heterocycles. The molecule has 1 N–H and O–H groups in total. The van der Waals surface area contributed by atoms with Crippen molar-refractivity contribution in [2.24, 2.45) is 13.0 Å². The molecule has 1 aliphatic heterocycles. The first-order chi connectivity index (χ1) is 9.86. The van der Waals surface area contributed by atoms with Crippen LogP contribution in [0.5, 0.6) is 0 Å². The molecule has 118 valence electrons. The minimum Gasteiger partial charge on any atom is -0.314 e. The highest BCUT2D eigenvalue weighted by Crippen LogP contribution is 2.40. The summed E-state index contributed by atoms with van der Waals surface area (Å²) < 4.78 is 1.99. The van der Waals surface area contributed by atoms with Crippen LogP contribution in [0.25, 0.3) is 0 Å². The Balaban J connectivity index is 1.85. The van der Waals surface area contributed by atoms with Gasteiger partial charge >= 0.3 is 0 Å². The minimum atomic E-state index is 0.106. The molecular formula is C17H30N4. The van der Waals surface area contributed by atoms with E-state index in [2.05, 4.69) is 44.2 Å². The van der Waals surface area contributed by atoms with Gasteiger partial charge in [0.2, 0.25) is 0 Å². The van der Waals surface area contributed by atoms with Gasteiger partial charge in [-0.1, -0.05) is 20.8 Å². The predicted molar refractivity (Wildman–Crippen MR) is 86.4 cm³/mol. The van der Waals surface area contributed by atoms with Crippen LogP contribution in [0.4, 0.5) is 0 Å². The highest BCUT2D eigenvalue weighted by molar-refractivity contribution is 5.29. The van der Waals surface area contributed by atoms with Gasteiger partial charge in [-0.2, -0.15) is 5.10 Å². The van der Waals surface area contributed by atoms with Crippen molar-refractivity contribution in [1.29, 1.82) is 0 Å². The standard InChI is InChI=1S/C17H30N4/c1-17(2,3)16-14(11-21(5)19-16)15-12(8-9-20(15)4)10-18-13-6-7-13/h11-13,15,18H,6-10H2,1-5H3. The summed E-state index contributed by atoms with van der Waals surface area (Å²) in [6.07, 6.45) is 6.28. The Morgan fingerprint density at radius 1 is 1.24 bits per heavy atom. The van der Waals surface area contributed by atoms with Crippen molar-refractivity contribution in [3.8, 4) is 0 Å². The Hall–Kier alpha value is -0.870. The molecule has 4 nitrogen and oxygen atoms in total. The highest BCUT2D eigenvalue weighted by Gasteiger charge is 2.38. The van der Waals surface area contributed by atoms with Gasteiger partial charge in [0.1, 0.15) is 0 Å². The molecule has 2 unspecified atom stereocenters. The maximum absolute atomic E-state index is 4.77. The van der Waals surface area contributed by atoms with Crippen LogP contribution in [0.15, 0.2) is 6.20 Å². The molecule has 0 bridgehead atoms. The molecule has 2 atom stereocenters. The summed E-state index contributed by atoms with van der Waals surface area (Å²) in [6.45, 7) is 9.15. The van der Waals surface area contributed by atoms with Crippen molar-refractivity contribution in [2.45, 2.75) is 57.5 Å². The SMILES string of the molecule is CN1CCC(CNC2CC2)C1c1cn(C)nc1C(C)(C)C. The Morgan fingerprint density at radius 3 is 2.57 bits per heavy atom. The molecule has 0 aromatic carbocycles. The number of rotatable bonds is 4. The molecule has 1 aromatic rings. The number of nitrogens with zero attached hydrogens (tertiary/aromatic N) is 3. The van der Waals surface area contributed by atoms with Crippen molar-refractivity contribution in [3.05, 3.63) is 17.5 Å². The fourth-order valence-electron chi connectivity index (χ4n) is 3.64. The van der Waals surface area contributed by atoms with E-state index in [9.17, 15) is 0 Å². The molecule has 1 saturated carbocycles. The smallest absolute Gasteiger partial charge is 0.0725 e. The topological polar surface area (TPSA) is 33.1 Å². The first-order valence-corrected chi connectivity index (χ1v) is 8.34. The molecule has 1 aliphatic carbocycles. The van der Waals surface area contributed by atoms with E-state index in [0.717, 1.165) is 12.6 Å². The van der Waals surface area contributed by atoms with Crippen molar-refractivity contribution in [2.75, 3.05) is 20.1 Å². The van der Waals surface area contributed by atoms with Gasteiger partial charge in [-0.15, -0.1) is 0 Å². The van der Waals surface area contributed by atoms with Gasteiger partial charge in [0, 0.05) is 42.9 Å². The van der Waals surface area contributed by atoms with Crippen LogP contribution in [-0.4, -0.2) is 40.9 Å². The summed E-state index contributed by atoms with van der Waals surface area (Å²) in [7, 11) is 4.31. The summed E-state index contributed by atoms with van der Waals surface area (Å²) in [6, 6.07) is 1.31. The molecule has 21 heavy (non-hydrogen) atoms. The van der Waals surface area contributed by atoms with E-state index in [1.807, 2.05) is 11.7 Å². The molecule has 3 rings (SSSR count). The quantitative estimate of drug-likeness (QED) is 0.925. The van der Waals surface area contributed by atoms with E-state index in [-0.39, 0.29) is 5.41 Å². The van der Waals surface area contributed by atoms with Gasteiger partial charge < -0.3 is 5.32 Å². The zero-order valence-electron chi connectivity index (χ0n) is 14.2. The van der Waals surface area contributed by atoms with Crippen LogP contribution in [0, 0.1) is 5.92 Å². The molecule has 0 amide bonds. The lowest BCUT2D eigenvalue weighted by atomic mass is 9.84. The number of hydrogen-bond donors (Lipinski definition) is 1. The largest absolute Gasteiger partial charge is 0.314 e. The molecule has 2 fully saturated rings. The zero-order chi connectivity index (χ0) is 15.2. The molecule has 0 spiro atoms. The fourth-order valence-corrected chi connectivity index (χ4v) is 3.64. The second-order valence-corrected chi connectivity index (χ2v) is 8.01. The average molecular weight is 290 g/mol. The fraction of sp³-hybridized carbons (Fsp3) is 0.824. The van der Waals surface area contributed by atoms with Crippen LogP contribution < -0.4 is 5.32 Å². The van der Waals surface area contributed by atoms with E-state index in [4.69, 9.17) is 5.10 Å². The van der Waals surface area contributed by atoms with E-state index in [0.29, 0.717) is 12.0 Å². The highest BCUT2D eigenvalue weighted by atomic mass is 15.3. The van der Waals surface area contributed by atoms with E-state index in [1.165, 1.54) is 37.1 Å². The normalized spacial score (nSPS) is 27.5. The van der Waals surface area contributed by atoms with Crippen molar-refractivity contribution < 1.29 is 0 Å². The number of hydrogen-bond acceptors (Lipinski definition) is 3. The van der Waals surface area contributed by atoms with Crippen LogP contribution in [0.3, 0.4) is 0 Å². The summed E-state index contributed by atoms with van der Waals surface area (Å²) >= 11 is 0. The van der Waals surface area contributed by atoms with Crippen molar-refractivity contribution in [3.63, 3.8) is 0 Å². The van der Waals surface area contributed by atoms with E-state index < -0.39 is 0 Å². The van der Waals surface area contributed by atoms with Gasteiger partial charge in [-0.25, -0.2) is 0 Å². The van der Waals surface area contributed by atoms with Crippen LogP contribution >= 0.6 is 0 Å². The lowest BCUT2D eigenvalue weighted by Gasteiger charge is -2.28. The molecule has 2 aliphatic rings. The predicted octanol–water partition coefficient (Wildman–Crippen LogP) is 2.46. The number of aryl methyl sites for hydroxylation is 1.